The monoisotopic (exact) mass is 295 g/mol. The normalized spacial score (nSPS) is 12.2. The maximum Gasteiger partial charge on any atom is 0.161 e. The van der Waals surface area contributed by atoms with Gasteiger partial charge in [-0.1, -0.05) is 25.1 Å². The zero-order valence-electron chi connectivity index (χ0n) is 12.1. The van der Waals surface area contributed by atoms with E-state index in [4.69, 9.17) is 0 Å². The highest BCUT2D eigenvalue weighted by molar-refractivity contribution is 5.90. The summed E-state index contributed by atoms with van der Waals surface area (Å²) in [6.07, 6.45) is 0.949. The Hall–Kier alpha value is -1.45. The summed E-state index contributed by atoms with van der Waals surface area (Å²) in [6.45, 7) is 7.05. The number of likely N-dealkylation sites (N-methyl/N-ethyl adjacent to an activating group) is 1. The Bertz CT molecular complexity index is 599. The van der Waals surface area contributed by atoms with Gasteiger partial charge in [-0.3, -0.25) is 0 Å². The summed E-state index contributed by atoms with van der Waals surface area (Å²) in [5, 5.41) is 24.8. The van der Waals surface area contributed by atoms with Crippen LogP contribution in [0.4, 0.5) is 0 Å². The van der Waals surface area contributed by atoms with Gasteiger partial charge in [0.25, 0.3) is 0 Å². The maximum absolute atomic E-state index is 9.80. The van der Waals surface area contributed by atoms with Crippen LogP contribution in [0.2, 0.25) is 0 Å². The van der Waals surface area contributed by atoms with E-state index < -0.39 is 0 Å². The first kappa shape index (κ1) is 16.6. The fraction of sp³-hybridized carbons (Fsp3) is 0.375. The van der Waals surface area contributed by atoms with Crippen LogP contribution in [0.1, 0.15) is 25.0 Å². The predicted molar refractivity (Wildman–Crippen MR) is 86.1 cm³/mol. The van der Waals surface area contributed by atoms with Crippen LogP contribution in [0.25, 0.3) is 10.8 Å². The molecule has 2 aromatic rings. The minimum Gasteiger partial charge on any atom is -0.504 e. The van der Waals surface area contributed by atoms with Crippen LogP contribution in [-0.4, -0.2) is 22.8 Å². The molecule has 0 aliphatic rings. The number of hydrogen-bond donors (Lipinski definition) is 3. The lowest BCUT2D eigenvalue weighted by molar-refractivity contribution is 0.402. The van der Waals surface area contributed by atoms with Crippen LogP contribution in [-0.2, 0) is 6.42 Å². The Labute approximate surface area is 126 Å². The smallest absolute Gasteiger partial charge is 0.161 e. The van der Waals surface area contributed by atoms with Crippen molar-refractivity contribution < 1.29 is 10.2 Å². The molecule has 3 N–H and O–H groups in total. The molecule has 20 heavy (non-hydrogen) atoms. The van der Waals surface area contributed by atoms with Crippen LogP contribution in [0, 0.1) is 6.92 Å². The molecule has 0 aliphatic carbocycles. The molecule has 1 unspecified atom stereocenters. The van der Waals surface area contributed by atoms with Gasteiger partial charge in [-0.2, -0.15) is 0 Å². The average molecular weight is 296 g/mol. The lowest BCUT2D eigenvalue weighted by atomic mass is 9.98. The zero-order valence-corrected chi connectivity index (χ0v) is 12.9. The maximum atomic E-state index is 9.80. The predicted octanol–water partition coefficient (Wildman–Crippen LogP) is 3.52. The highest BCUT2D eigenvalue weighted by Crippen LogP contribution is 2.35. The molecular formula is C16H22ClNO2. The van der Waals surface area contributed by atoms with E-state index in [2.05, 4.69) is 31.3 Å². The molecule has 2 rings (SSSR count). The van der Waals surface area contributed by atoms with Gasteiger partial charge in [0, 0.05) is 11.6 Å². The van der Waals surface area contributed by atoms with Crippen molar-refractivity contribution in [2.24, 2.45) is 0 Å². The minimum atomic E-state index is -0.0567. The highest BCUT2D eigenvalue weighted by Gasteiger charge is 2.10. The molecule has 0 saturated heterocycles. The van der Waals surface area contributed by atoms with Crippen LogP contribution < -0.4 is 5.32 Å². The number of aryl methyl sites for hydroxylation is 1. The van der Waals surface area contributed by atoms with Gasteiger partial charge in [0.1, 0.15) is 0 Å². The molecule has 0 bridgehead atoms. The minimum absolute atomic E-state index is 0. The van der Waals surface area contributed by atoms with E-state index in [0.29, 0.717) is 6.04 Å². The Morgan fingerprint density at radius 2 is 1.90 bits per heavy atom. The Kier molecular flexibility index (Phi) is 5.66. The molecule has 110 valence electrons. The molecule has 3 nitrogen and oxygen atoms in total. The lowest BCUT2D eigenvalue weighted by Crippen LogP contribution is -2.27. The topological polar surface area (TPSA) is 52.5 Å². The fourth-order valence-electron chi connectivity index (χ4n) is 2.49. The van der Waals surface area contributed by atoms with E-state index in [1.807, 2.05) is 13.0 Å². The van der Waals surface area contributed by atoms with Crippen molar-refractivity contribution in [3.8, 4) is 11.5 Å². The molecule has 0 spiro atoms. The average Bonchev–Trinajstić information content (AvgIpc) is 2.37. The first-order valence-corrected chi connectivity index (χ1v) is 6.70. The number of rotatable bonds is 4. The molecular weight excluding hydrogens is 274 g/mol. The first-order chi connectivity index (χ1) is 9.02. The second-order valence-corrected chi connectivity index (χ2v) is 5.09. The molecule has 1 atom stereocenters. The fourth-order valence-corrected chi connectivity index (χ4v) is 2.49. The molecule has 0 saturated carbocycles. The van der Waals surface area contributed by atoms with Crippen molar-refractivity contribution in [3.05, 3.63) is 35.4 Å². The van der Waals surface area contributed by atoms with E-state index in [0.717, 1.165) is 29.3 Å². The number of hydrogen-bond acceptors (Lipinski definition) is 3. The molecule has 4 heteroatoms. The summed E-state index contributed by atoms with van der Waals surface area (Å²) in [7, 11) is 0. The molecule has 2 aromatic carbocycles. The second kappa shape index (κ2) is 6.82. The molecule has 0 radical (unpaired) electrons. The van der Waals surface area contributed by atoms with Crippen molar-refractivity contribution in [1.29, 1.82) is 0 Å². The van der Waals surface area contributed by atoms with Crippen LogP contribution in [0.3, 0.4) is 0 Å². The summed E-state index contributed by atoms with van der Waals surface area (Å²) < 4.78 is 0. The van der Waals surface area contributed by atoms with Crippen molar-refractivity contribution in [2.45, 2.75) is 33.2 Å². The van der Waals surface area contributed by atoms with Crippen LogP contribution in [0.5, 0.6) is 11.5 Å². The SMILES string of the molecule is CCNC(C)Cc1ccc2cc(O)c(O)c(C)c2c1.Cl. The Morgan fingerprint density at radius 1 is 1.20 bits per heavy atom. The van der Waals surface area contributed by atoms with Gasteiger partial charge in [-0.05, 0) is 49.2 Å². The quantitative estimate of drug-likeness (QED) is 0.757. The third-order valence-electron chi connectivity index (χ3n) is 3.51. The first-order valence-electron chi connectivity index (χ1n) is 6.70. The second-order valence-electron chi connectivity index (χ2n) is 5.09. The summed E-state index contributed by atoms with van der Waals surface area (Å²) in [4.78, 5) is 0. The Morgan fingerprint density at radius 3 is 2.55 bits per heavy atom. The van der Waals surface area contributed by atoms with E-state index >= 15 is 0 Å². The summed E-state index contributed by atoms with van der Waals surface area (Å²) in [5.41, 5.74) is 1.96. The zero-order chi connectivity index (χ0) is 14.0. The van der Waals surface area contributed by atoms with Gasteiger partial charge in [0.05, 0.1) is 0 Å². The molecule has 0 heterocycles. The van der Waals surface area contributed by atoms with Gasteiger partial charge >= 0.3 is 0 Å². The van der Waals surface area contributed by atoms with Gasteiger partial charge in [0.15, 0.2) is 11.5 Å². The van der Waals surface area contributed by atoms with Crippen molar-refractivity contribution >= 4 is 23.2 Å². The van der Waals surface area contributed by atoms with Gasteiger partial charge in [-0.15, -0.1) is 12.4 Å². The standard InChI is InChI=1S/C16H21NO2.ClH/c1-4-17-10(2)7-12-5-6-13-9-15(18)16(19)11(3)14(13)8-12;/h5-6,8-10,17-19H,4,7H2,1-3H3;1H. The number of phenols is 2. The van der Waals surface area contributed by atoms with E-state index in [1.54, 1.807) is 6.07 Å². The number of aromatic hydroxyl groups is 2. The number of benzene rings is 2. The van der Waals surface area contributed by atoms with Crippen LogP contribution in [0.15, 0.2) is 24.3 Å². The molecule has 0 amide bonds. The van der Waals surface area contributed by atoms with Crippen molar-refractivity contribution in [1.82, 2.24) is 5.32 Å². The van der Waals surface area contributed by atoms with E-state index in [9.17, 15) is 10.2 Å². The molecule has 0 aromatic heterocycles. The summed E-state index contributed by atoms with van der Waals surface area (Å²) in [6, 6.07) is 8.20. The third kappa shape index (κ3) is 3.35. The molecule has 0 aliphatic heterocycles. The van der Waals surface area contributed by atoms with Crippen molar-refractivity contribution in [3.63, 3.8) is 0 Å². The lowest BCUT2D eigenvalue weighted by Gasteiger charge is -2.14. The van der Waals surface area contributed by atoms with E-state index in [1.165, 1.54) is 5.56 Å². The number of fused-ring (bicyclic) bond motifs is 1. The van der Waals surface area contributed by atoms with Gasteiger partial charge < -0.3 is 15.5 Å². The summed E-state index contributed by atoms with van der Waals surface area (Å²) >= 11 is 0. The third-order valence-corrected chi connectivity index (χ3v) is 3.51. The number of nitrogens with one attached hydrogen (secondary N) is 1. The Balaban J connectivity index is 0.00000200. The van der Waals surface area contributed by atoms with Gasteiger partial charge in [-0.25, -0.2) is 0 Å². The molecule has 0 fully saturated rings. The number of phenolic OH excluding ortho intramolecular Hbond substituents is 2. The van der Waals surface area contributed by atoms with Crippen molar-refractivity contribution in [2.75, 3.05) is 6.54 Å². The van der Waals surface area contributed by atoms with Gasteiger partial charge in [0.2, 0.25) is 0 Å². The number of halogens is 1. The van der Waals surface area contributed by atoms with Crippen LogP contribution >= 0.6 is 12.4 Å². The van der Waals surface area contributed by atoms with E-state index in [-0.39, 0.29) is 23.9 Å². The largest absolute Gasteiger partial charge is 0.504 e. The highest BCUT2D eigenvalue weighted by atomic mass is 35.5. The summed E-state index contributed by atoms with van der Waals surface area (Å²) in [5.74, 6) is -0.0804.